The molecule has 6 aromatic rings. The molecule has 18 heteroatoms. The number of hydrogen-bond donors (Lipinski definition) is 11. The van der Waals surface area contributed by atoms with E-state index in [1.807, 2.05) is 6.33 Å². The number of ketones is 3. The molecule has 97 heavy (non-hydrogen) atoms. The minimum absolute atomic E-state index is 0.0101. The van der Waals surface area contributed by atoms with Crippen LogP contribution in [0.2, 0.25) is 0 Å². The third kappa shape index (κ3) is 7.66. The summed E-state index contributed by atoms with van der Waals surface area (Å²) in [6.07, 6.45) is 15.9. The van der Waals surface area contributed by atoms with Crippen molar-refractivity contribution < 1.29 is 54.5 Å². The van der Waals surface area contributed by atoms with Gasteiger partial charge in [0.15, 0.2) is 17.5 Å². The number of H-pyrrole nitrogens is 2. The van der Waals surface area contributed by atoms with Crippen LogP contribution < -0.4 is 21.1 Å². The Bertz CT molecular complexity index is 4550. The second kappa shape index (κ2) is 20.2. The number of nitrogens with zero attached hydrogens (tertiary/aromatic N) is 2. The summed E-state index contributed by atoms with van der Waals surface area (Å²) in [6.45, 7) is 2.54. The molecule has 504 valence electrons. The number of aromatic hydroxyl groups is 1. The van der Waals surface area contributed by atoms with Crippen LogP contribution in [0.25, 0.3) is 16.3 Å². The van der Waals surface area contributed by atoms with Gasteiger partial charge in [-0.15, -0.1) is 0 Å². The van der Waals surface area contributed by atoms with Gasteiger partial charge in [-0.1, -0.05) is 62.3 Å². The average Bonchev–Trinajstić information content (AvgIpc) is 1.59. The zero-order chi connectivity index (χ0) is 65.9. The lowest BCUT2D eigenvalue weighted by molar-refractivity contribution is -0.366. The SMILES string of the molecule is Cc1cc(O)c2c(c1)C(=O)c1c(c3cc4c(nccc14)NCC(O)C14CC5(CCCC5)CC1c1cc(C56CCCCC5CC5(CCC(=O)CC5Cc5ccc7c(c5)CCNC7N)c5nc[nH]c56)[nH]c1C1=CC5(O3)OC3(C1=C4CC1(CCC4(CCCC4)C1)C3O)C(O)C(O)C5O)C2=O. The molecule has 0 amide bonds. The number of nitrogens with one attached hydrogen (secondary N) is 4. The Morgan fingerprint density at radius 1 is 0.773 bits per heavy atom. The first-order valence-corrected chi connectivity index (χ1v) is 36.6. The molecule has 15 aliphatic rings. The topological polar surface area (TPSA) is 298 Å². The number of ether oxygens (including phenoxy) is 2. The van der Waals surface area contributed by atoms with Crippen LogP contribution in [0.3, 0.4) is 0 Å². The molecular formula is C79H87N7O11. The average molecular weight is 1310 g/mol. The van der Waals surface area contributed by atoms with E-state index in [-0.39, 0.29) is 80.8 Å². The maximum absolute atomic E-state index is 15.7. The maximum Gasteiger partial charge on any atom is 0.261 e. The minimum Gasteiger partial charge on any atom is -0.507 e. The number of hydrogen-bond acceptors (Lipinski definition) is 16. The molecule has 8 heterocycles. The number of aliphatic hydroxyl groups excluding tert-OH is 5. The van der Waals surface area contributed by atoms with Crippen molar-refractivity contribution >= 4 is 39.5 Å². The number of imidazole rings is 1. The van der Waals surface area contributed by atoms with Crippen molar-refractivity contribution in [1.29, 1.82) is 0 Å². The van der Waals surface area contributed by atoms with Crippen molar-refractivity contribution in [2.75, 3.05) is 18.4 Å². The molecule has 18 nitrogen and oxygen atoms in total. The third-order valence-electron chi connectivity index (χ3n) is 29.0. The summed E-state index contributed by atoms with van der Waals surface area (Å²) < 4.78 is 15.3. The number of phenolic OH excluding ortho intramolecular Hbond substituents is 1. The van der Waals surface area contributed by atoms with Crippen LogP contribution in [-0.4, -0.2) is 123 Å². The van der Waals surface area contributed by atoms with Crippen LogP contribution in [0, 0.1) is 40.4 Å². The van der Waals surface area contributed by atoms with E-state index < -0.39 is 75.1 Å². The highest BCUT2D eigenvalue weighted by Gasteiger charge is 2.77. The van der Waals surface area contributed by atoms with Crippen molar-refractivity contribution in [3.8, 4) is 11.5 Å². The number of rotatable bonds is 3. The highest BCUT2D eigenvalue weighted by molar-refractivity contribution is 6.34. The Balaban J connectivity index is 0.847. The van der Waals surface area contributed by atoms with E-state index >= 15 is 9.59 Å². The van der Waals surface area contributed by atoms with Gasteiger partial charge in [0.05, 0.1) is 52.6 Å². The van der Waals surface area contributed by atoms with Crippen LogP contribution in [0.1, 0.15) is 236 Å². The summed E-state index contributed by atoms with van der Waals surface area (Å²) in [7, 11) is 0. The minimum atomic E-state index is -2.51. The predicted octanol–water partition coefficient (Wildman–Crippen LogP) is 9.95. The lowest BCUT2D eigenvalue weighted by atomic mass is 9.47. The maximum atomic E-state index is 15.7. The number of Topliss-reactive ketones (excluding diaryl/α,β-unsaturated/α-hetero) is 1. The standard InChI is InChI=1S/C79H87N7O11/c1-39-24-49-57(53(88)25-39)63(91)59-54-29-47-46(58(59)62(49)90)13-23-82-70(47)83-35-56(89)77-37-73(16-6-7-17-73)33-51(77)48-30-55(86-61(48)50-32-78(96-54)67(93)64(92)68(94)79(97-78)60(50)52(77)34-74(71(79)95)21-20-72(36-74)14-4-5-15-72)76-18-3-2-8-42(76)31-75(65-66(76)85-38-84-65)19-11-44(87)28-43(75)27-40-9-10-45-41(26-40)12-22-81-69(45)80/h9-10,13,23-26,29-30,32,38,42-43,51,56,64,67-69,71,81,86,88-89,92-95H,2-8,11-12,14-22,27-28,31,33-37,80H2,1H3,(H,82,83)(H,84,85). The van der Waals surface area contributed by atoms with Crippen LogP contribution >= 0.6 is 0 Å². The summed E-state index contributed by atoms with van der Waals surface area (Å²) >= 11 is 0. The summed E-state index contributed by atoms with van der Waals surface area (Å²) in [5.41, 5.74) is 11.3. The van der Waals surface area contributed by atoms with Crippen LogP contribution in [-0.2, 0) is 33.2 Å². The highest BCUT2D eigenvalue weighted by Crippen LogP contribution is 2.77. The van der Waals surface area contributed by atoms with E-state index in [0.717, 1.165) is 149 Å². The van der Waals surface area contributed by atoms with E-state index in [1.165, 1.54) is 17.2 Å². The monoisotopic (exact) mass is 1310 g/mol. The lowest BCUT2D eigenvalue weighted by Crippen LogP contribution is -2.79. The van der Waals surface area contributed by atoms with Crippen molar-refractivity contribution in [3.05, 3.63) is 151 Å². The first kappa shape index (κ1) is 60.1. The summed E-state index contributed by atoms with van der Waals surface area (Å²) in [5.74, 6) is -4.06. The van der Waals surface area contributed by atoms with Crippen molar-refractivity contribution in [1.82, 2.24) is 25.3 Å². The van der Waals surface area contributed by atoms with E-state index in [0.29, 0.717) is 83.9 Å². The first-order chi connectivity index (χ1) is 46.8. The number of nitrogens with two attached hydrogens (primary N) is 1. The summed E-state index contributed by atoms with van der Waals surface area (Å²) in [6, 6.07) is 15.4. The summed E-state index contributed by atoms with van der Waals surface area (Å²) in [4.78, 5) is 63.7. The van der Waals surface area contributed by atoms with Crippen molar-refractivity contribution in [3.63, 3.8) is 0 Å². The Morgan fingerprint density at radius 2 is 1.59 bits per heavy atom. The molecule has 3 aromatic carbocycles. The molecule has 7 fully saturated rings. The second-order valence-corrected chi connectivity index (χ2v) is 33.4. The fourth-order valence-electron chi connectivity index (χ4n) is 25.0. The summed E-state index contributed by atoms with van der Waals surface area (Å²) in [5, 5.41) is 88.9. The number of aromatic amines is 2. The molecule has 7 spiro atoms. The van der Waals surface area contributed by atoms with Gasteiger partial charge in [-0.3, -0.25) is 19.7 Å². The molecule has 6 saturated carbocycles. The van der Waals surface area contributed by atoms with Gasteiger partial charge in [-0.05, 0) is 213 Å². The van der Waals surface area contributed by atoms with Gasteiger partial charge in [0.1, 0.15) is 35.3 Å². The third-order valence-corrected chi connectivity index (χ3v) is 29.0. The number of phenols is 1. The number of carbonyl (C=O) groups excluding carboxylic acids is 3. The molecular weight excluding hydrogens is 1220 g/mol. The van der Waals surface area contributed by atoms with Crippen LogP contribution in [0.5, 0.6) is 11.5 Å². The Labute approximate surface area is 562 Å². The van der Waals surface area contributed by atoms with Gasteiger partial charge in [0.2, 0.25) is 5.78 Å². The first-order valence-electron chi connectivity index (χ1n) is 36.6. The molecule has 10 aliphatic carbocycles. The predicted molar refractivity (Wildman–Crippen MR) is 359 cm³/mol. The van der Waals surface area contributed by atoms with Gasteiger partial charge in [0, 0.05) is 81.8 Å². The second-order valence-electron chi connectivity index (χ2n) is 33.4. The zero-order valence-corrected chi connectivity index (χ0v) is 55.1. The molecule has 3 aromatic heterocycles. The largest absolute Gasteiger partial charge is 0.507 e. The molecule has 8 bridgehead atoms. The Kier molecular flexibility index (Phi) is 12.5. The molecule has 15 unspecified atom stereocenters. The van der Waals surface area contributed by atoms with Crippen molar-refractivity contribution in [2.45, 2.75) is 226 Å². The molecule has 15 atom stereocenters. The number of aromatic nitrogens is 4. The number of aliphatic hydroxyl groups is 5. The number of fused-ring (bicyclic) bond motifs is 12. The van der Waals surface area contributed by atoms with E-state index in [9.17, 15) is 35.4 Å². The smallest absolute Gasteiger partial charge is 0.261 e. The molecule has 1 saturated heterocycles. The number of benzene rings is 3. The van der Waals surface area contributed by atoms with Crippen LogP contribution in [0.15, 0.2) is 78.3 Å². The zero-order valence-electron chi connectivity index (χ0n) is 55.1. The van der Waals surface area contributed by atoms with Gasteiger partial charge in [-0.2, -0.15) is 0 Å². The van der Waals surface area contributed by atoms with Gasteiger partial charge < -0.3 is 61.1 Å². The van der Waals surface area contributed by atoms with E-state index in [2.05, 4.69) is 44.9 Å². The lowest BCUT2D eigenvalue weighted by Gasteiger charge is -2.64. The normalized spacial score (nSPS) is 38.2. The van der Waals surface area contributed by atoms with E-state index in [4.69, 9.17) is 25.2 Å². The molecule has 21 rings (SSSR count). The number of anilines is 1. The van der Waals surface area contributed by atoms with Gasteiger partial charge in [0.25, 0.3) is 5.79 Å². The van der Waals surface area contributed by atoms with Gasteiger partial charge in [-0.25, -0.2) is 9.97 Å². The number of carbonyl (C=O) groups is 3. The molecule has 0 radical (unpaired) electrons. The van der Waals surface area contributed by atoms with Crippen LogP contribution in [0.4, 0.5) is 5.82 Å². The quantitative estimate of drug-likeness (QED) is 0.0784. The van der Waals surface area contributed by atoms with Gasteiger partial charge >= 0.3 is 0 Å². The number of aryl methyl sites for hydroxylation is 1. The van der Waals surface area contributed by atoms with Crippen molar-refractivity contribution in [2.24, 2.45) is 39.2 Å². The number of pyridine rings is 1. The Morgan fingerprint density at radius 3 is 2.42 bits per heavy atom. The van der Waals surface area contributed by atoms with E-state index in [1.54, 1.807) is 37.4 Å². The molecule has 12 N–H and O–H groups in total. The fraction of sp³-hybridized carbons (Fsp3) is 0.557. The Hall–Kier alpha value is -6.87. The fourth-order valence-corrected chi connectivity index (χ4v) is 25.0. The highest BCUT2D eigenvalue weighted by atomic mass is 16.7. The molecule has 5 aliphatic heterocycles.